The minimum absolute atomic E-state index is 0.245. The second kappa shape index (κ2) is 9.27. The molecule has 0 bridgehead atoms. The smallest absolute Gasteiger partial charge is 0.332 e. The number of anilines is 1. The Morgan fingerprint density at radius 1 is 0.933 bits per heavy atom. The summed E-state index contributed by atoms with van der Waals surface area (Å²) in [5, 5.41) is 5.44. The van der Waals surface area contributed by atoms with E-state index in [0.29, 0.717) is 25.3 Å². The van der Waals surface area contributed by atoms with Crippen molar-refractivity contribution < 1.29 is 14.3 Å². The topological polar surface area (TPSA) is 104 Å². The van der Waals surface area contributed by atoms with Crippen LogP contribution in [-0.4, -0.2) is 28.4 Å². The molecule has 1 atom stereocenters. The molecule has 0 aliphatic carbocycles. The van der Waals surface area contributed by atoms with Crippen molar-refractivity contribution in [2.24, 2.45) is 0 Å². The molecule has 2 N–H and O–H groups in total. The van der Waals surface area contributed by atoms with Crippen LogP contribution in [0.5, 0.6) is 0 Å². The van der Waals surface area contributed by atoms with Crippen molar-refractivity contribution in [3.05, 3.63) is 61.8 Å². The second-order valence-electron chi connectivity index (χ2n) is 6.78. The molecule has 30 heavy (non-hydrogen) atoms. The van der Waals surface area contributed by atoms with Crippen molar-refractivity contribution in [1.82, 2.24) is 14.5 Å². The van der Waals surface area contributed by atoms with Crippen LogP contribution in [0.1, 0.15) is 56.7 Å². The van der Waals surface area contributed by atoms with Crippen molar-refractivity contribution in [3.8, 4) is 0 Å². The molecule has 1 unspecified atom stereocenters. The van der Waals surface area contributed by atoms with Gasteiger partial charge in [-0.05, 0) is 33.3 Å². The summed E-state index contributed by atoms with van der Waals surface area (Å²) in [4.78, 5) is 38.0. The Morgan fingerprint density at radius 3 is 2.07 bits per heavy atom. The molecule has 1 aliphatic heterocycles. The van der Waals surface area contributed by atoms with Gasteiger partial charge in [0, 0.05) is 31.9 Å². The molecule has 0 radical (unpaired) electrons. The maximum atomic E-state index is 13.1. The standard InChI is InChI=1S/C21H28N4O5/c1-5-24-17-15(18(26)25(6-2)21(24)28)16(22-20(27)23-17)13-9-11-14(12-10-13)19(29-7-3)30-8-4/h9-12,16,19H,5-8H2,1-4H3,(H2,22,23,27). The average Bonchev–Trinajstić information content (AvgIpc) is 2.74. The van der Waals surface area contributed by atoms with E-state index >= 15 is 0 Å². The van der Waals surface area contributed by atoms with Gasteiger partial charge in [0.25, 0.3) is 5.56 Å². The maximum Gasteiger partial charge on any atom is 0.332 e. The Balaban J connectivity index is 2.10. The van der Waals surface area contributed by atoms with E-state index in [1.54, 1.807) is 13.8 Å². The van der Waals surface area contributed by atoms with E-state index in [9.17, 15) is 14.4 Å². The van der Waals surface area contributed by atoms with E-state index in [1.807, 2.05) is 38.1 Å². The molecule has 0 fully saturated rings. The molecule has 9 heteroatoms. The van der Waals surface area contributed by atoms with E-state index in [1.165, 1.54) is 9.13 Å². The maximum absolute atomic E-state index is 13.1. The first-order valence-corrected chi connectivity index (χ1v) is 10.2. The summed E-state index contributed by atoms with van der Waals surface area (Å²) in [5.74, 6) is 0.247. The van der Waals surface area contributed by atoms with Crippen LogP contribution < -0.4 is 21.9 Å². The molecule has 162 valence electrons. The summed E-state index contributed by atoms with van der Waals surface area (Å²) in [6, 6.07) is 6.23. The number of carbonyl (C=O) groups excluding carboxylic acids is 1. The monoisotopic (exact) mass is 416 g/mol. The van der Waals surface area contributed by atoms with Crippen LogP contribution in [0.2, 0.25) is 0 Å². The highest BCUT2D eigenvalue weighted by Gasteiger charge is 2.32. The van der Waals surface area contributed by atoms with Gasteiger partial charge in [-0.1, -0.05) is 24.3 Å². The summed E-state index contributed by atoms with van der Waals surface area (Å²) in [6.07, 6.45) is -0.480. The number of amides is 2. The molecule has 1 aliphatic rings. The van der Waals surface area contributed by atoms with Gasteiger partial charge < -0.3 is 14.8 Å². The van der Waals surface area contributed by atoms with Gasteiger partial charge in [0.1, 0.15) is 5.82 Å². The fraction of sp³-hybridized carbons (Fsp3) is 0.476. The van der Waals surface area contributed by atoms with E-state index in [2.05, 4.69) is 10.6 Å². The molecular weight excluding hydrogens is 388 g/mol. The number of aromatic nitrogens is 2. The zero-order valence-electron chi connectivity index (χ0n) is 17.7. The number of nitrogens with zero attached hydrogens (tertiary/aromatic N) is 2. The first-order chi connectivity index (χ1) is 14.5. The van der Waals surface area contributed by atoms with Gasteiger partial charge in [-0.25, -0.2) is 9.59 Å². The highest BCUT2D eigenvalue weighted by Crippen LogP contribution is 2.30. The molecule has 0 saturated heterocycles. The van der Waals surface area contributed by atoms with Crippen LogP contribution in [0.3, 0.4) is 0 Å². The molecule has 2 amide bonds. The average molecular weight is 416 g/mol. The number of rotatable bonds is 8. The number of hydrogen-bond acceptors (Lipinski definition) is 5. The third-order valence-corrected chi connectivity index (χ3v) is 5.07. The number of nitrogens with one attached hydrogen (secondary N) is 2. The minimum Gasteiger partial charge on any atom is -0.349 e. The predicted molar refractivity (Wildman–Crippen MR) is 113 cm³/mol. The largest absolute Gasteiger partial charge is 0.349 e. The van der Waals surface area contributed by atoms with Crippen LogP contribution in [0, 0.1) is 0 Å². The van der Waals surface area contributed by atoms with Gasteiger partial charge in [-0.2, -0.15) is 0 Å². The number of fused-ring (bicyclic) bond motifs is 1. The third-order valence-electron chi connectivity index (χ3n) is 5.07. The lowest BCUT2D eigenvalue weighted by atomic mass is 9.97. The van der Waals surface area contributed by atoms with Crippen LogP contribution in [0.15, 0.2) is 33.9 Å². The Bertz CT molecular complexity index is 1020. The second-order valence-corrected chi connectivity index (χ2v) is 6.78. The SMILES string of the molecule is CCOC(OCC)c1ccc(C2NC(=O)Nc3c2c(=O)n(CC)c(=O)n3CC)cc1. The van der Waals surface area contributed by atoms with Crippen molar-refractivity contribution >= 4 is 11.8 Å². The summed E-state index contributed by atoms with van der Waals surface area (Å²) in [5.41, 5.74) is 1.06. The zero-order valence-corrected chi connectivity index (χ0v) is 17.7. The molecule has 1 aromatic heterocycles. The molecule has 2 aromatic rings. The van der Waals surface area contributed by atoms with Gasteiger partial charge in [0.2, 0.25) is 0 Å². The van der Waals surface area contributed by atoms with Crippen LogP contribution in [0.25, 0.3) is 0 Å². The third kappa shape index (κ3) is 3.90. The lowest BCUT2D eigenvalue weighted by molar-refractivity contribution is -0.140. The van der Waals surface area contributed by atoms with Crippen molar-refractivity contribution in [2.75, 3.05) is 18.5 Å². The highest BCUT2D eigenvalue weighted by atomic mass is 16.7. The van der Waals surface area contributed by atoms with Crippen molar-refractivity contribution in [2.45, 2.75) is 53.1 Å². The van der Waals surface area contributed by atoms with Crippen LogP contribution in [-0.2, 0) is 22.6 Å². The molecule has 9 nitrogen and oxygen atoms in total. The van der Waals surface area contributed by atoms with Gasteiger partial charge in [-0.15, -0.1) is 0 Å². The Hall–Kier alpha value is -2.91. The van der Waals surface area contributed by atoms with E-state index in [-0.39, 0.29) is 12.4 Å². The first kappa shape index (κ1) is 21.8. The lowest BCUT2D eigenvalue weighted by Crippen LogP contribution is -2.50. The number of carbonyl (C=O) groups is 1. The quantitative estimate of drug-likeness (QED) is 0.643. The number of hydrogen-bond donors (Lipinski definition) is 2. The Labute approximate surface area is 174 Å². The molecular formula is C21H28N4O5. The van der Waals surface area contributed by atoms with Crippen molar-refractivity contribution in [3.63, 3.8) is 0 Å². The number of ether oxygens (including phenoxy) is 2. The number of urea groups is 1. The van der Waals surface area contributed by atoms with Crippen molar-refractivity contribution in [1.29, 1.82) is 0 Å². The van der Waals surface area contributed by atoms with Crippen LogP contribution in [0.4, 0.5) is 10.6 Å². The summed E-state index contributed by atoms with van der Waals surface area (Å²) in [6.45, 7) is 8.93. The molecule has 3 rings (SSSR count). The lowest BCUT2D eigenvalue weighted by Gasteiger charge is -2.29. The van der Waals surface area contributed by atoms with E-state index < -0.39 is 29.6 Å². The fourth-order valence-corrected chi connectivity index (χ4v) is 3.67. The Kier molecular flexibility index (Phi) is 6.73. The van der Waals surface area contributed by atoms with Crippen LogP contribution >= 0.6 is 0 Å². The summed E-state index contributed by atoms with van der Waals surface area (Å²) >= 11 is 0. The summed E-state index contributed by atoms with van der Waals surface area (Å²) in [7, 11) is 0. The minimum atomic E-state index is -0.677. The zero-order chi connectivity index (χ0) is 21.8. The summed E-state index contributed by atoms with van der Waals surface area (Å²) < 4.78 is 13.9. The van der Waals surface area contributed by atoms with Gasteiger partial charge >= 0.3 is 11.7 Å². The molecule has 0 saturated carbocycles. The highest BCUT2D eigenvalue weighted by molar-refractivity contribution is 5.92. The molecule has 2 heterocycles. The molecule has 0 spiro atoms. The molecule has 1 aromatic carbocycles. The fourth-order valence-electron chi connectivity index (χ4n) is 3.67. The van der Waals surface area contributed by atoms with Gasteiger partial charge in [-0.3, -0.25) is 19.2 Å². The first-order valence-electron chi connectivity index (χ1n) is 10.2. The van der Waals surface area contributed by atoms with Gasteiger partial charge in [0.05, 0.1) is 11.6 Å². The van der Waals surface area contributed by atoms with E-state index in [4.69, 9.17) is 9.47 Å². The number of benzene rings is 1. The van der Waals surface area contributed by atoms with E-state index in [0.717, 1.165) is 11.1 Å². The van der Waals surface area contributed by atoms with Gasteiger partial charge in [0.15, 0.2) is 6.29 Å². The normalized spacial score (nSPS) is 15.6. The Morgan fingerprint density at radius 2 is 1.53 bits per heavy atom. The predicted octanol–water partition coefficient (Wildman–Crippen LogP) is 2.35.